The van der Waals surface area contributed by atoms with Gasteiger partial charge in [0.15, 0.2) is 0 Å². The average Bonchev–Trinajstić information content (AvgIpc) is 3.05. The third kappa shape index (κ3) is 3.68. The van der Waals surface area contributed by atoms with E-state index in [0.29, 0.717) is 31.1 Å². The van der Waals surface area contributed by atoms with Crippen LogP contribution in [0.3, 0.4) is 0 Å². The lowest BCUT2D eigenvalue weighted by Crippen LogP contribution is -2.54. The number of anilines is 1. The molecule has 0 N–H and O–H groups in total. The van der Waals surface area contributed by atoms with Gasteiger partial charge in [0.25, 0.3) is 0 Å². The van der Waals surface area contributed by atoms with Crippen molar-refractivity contribution < 1.29 is 13.2 Å². The Bertz CT molecular complexity index is 700. The third-order valence-electron chi connectivity index (χ3n) is 4.70. The highest BCUT2D eigenvalue weighted by Crippen LogP contribution is 2.24. The monoisotopic (exact) mass is 371 g/mol. The van der Waals surface area contributed by atoms with Gasteiger partial charge in [-0.1, -0.05) is 11.6 Å². The van der Waals surface area contributed by atoms with Crippen LogP contribution >= 0.6 is 11.6 Å². The van der Waals surface area contributed by atoms with Crippen LogP contribution in [0, 0.1) is 0 Å². The molecule has 0 aliphatic carbocycles. The fourth-order valence-corrected chi connectivity index (χ4v) is 4.68. The van der Waals surface area contributed by atoms with Gasteiger partial charge in [0.1, 0.15) is 6.04 Å². The normalized spacial score (nSPS) is 22.8. The minimum Gasteiger partial charge on any atom is -0.368 e. The fourth-order valence-electron chi connectivity index (χ4n) is 3.43. The van der Waals surface area contributed by atoms with E-state index in [0.717, 1.165) is 25.2 Å². The first-order chi connectivity index (χ1) is 11.4. The van der Waals surface area contributed by atoms with E-state index in [4.69, 9.17) is 11.6 Å². The maximum atomic E-state index is 12.7. The quantitative estimate of drug-likeness (QED) is 0.806. The first-order valence-electron chi connectivity index (χ1n) is 8.12. The molecule has 0 bridgehead atoms. The van der Waals surface area contributed by atoms with Crippen molar-refractivity contribution >= 4 is 33.2 Å². The molecule has 1 atom stereocenters. The number of nitrogens with zero attached hydrogens (tertiary/aromatic N) is 3. The van der Waals surface area contributed by atoms with Crippen LogP contribution < -0.4 is 4.90 Å². The van der Waals surface area contributed by atoms with E-state index >= 15 is 0 Å². The predicted molar refractivity (Wildman–Crippen MR) is 94.8 cm³/mol. The zero-order chi connectivity index (χ0) is 17.3. The van der Waals surface area contributed by atoms with Crippen LogP contribution in [0.15, 0.2) is 24.3 Å². The molecule has 2 fully saturated rings. The molecule has 1 aromatic carbocycles. The highest BCUT2D eigenvalue weighted by atomic mass is 35.5. The molecule has 2 aliphatic rings. The summed E-state index contributed by atoms with van der Waals surface area (Å²) >= 11 is 5.91. The zero-order valence-corrected chi connectivity index (χ0v) is 15.3. The summed E-state index contributed by atoms with van der Waals surface area (Å²) in [5.41, 5.74) is 1.09. The van der Waals surface area contributed by atoms with Crippen LogP contribution in [0.2, 0.25) is 5.02 Å². The Balaban J connectivity index is 1.62. The molecule has 1 unspecified atom stereocenters. The van der Waals surface area contributed by atoms with Gasteiger partial charge < -0.3 is 9.80 Å². The number of carbonyl (C=O) groups is 1. The molecule has 132 valence electrons. The van der Waals surface area contributed by atoms with Gasteiger partial charge in [0, 0.05) is 43.4 Å². The Morgan fingerprint density at radius 3 is 2.29 bits per heavy atom. The van der Waals surface area contributed by atoms with Crippen molar-refractivity contribution in [3.8, 4) is 0 Å². The molecule has 0 aromatic heterocycles. The highest BCUT2D eigenvalue weighted by Gasteiger charge is 2.39. The van der Waals surface area contributed by atoms with Gasteiger partial charge in [0.05, 0.1) is 6.26 Å². The van der Waals surface area contributed by atoms with Crippen molar-refractivity contribution in [1.82, 2.24) is 9.21 Å². The number of carbonyl (C=O) groups excluding carboxylic acids is 1. The Morgan fingerprint density at radius 2 is 1.71 bits per heavy atom. The Morgan fingerprint density at radius 1 is 1.08 bits per heavy atom. The molecular weight excluding hydrogens is 350 g/mol. The van der Waals surface area contributed by atoms with Crippen molar-refractivity contribution in [3.05, 3.63) is 29.3 Å². The number of piperazine rings is 1. The van der Waals surface area contributed by atoms with Crippen LogP contribution in [-0.2, 0) is 14.8 Å². The summed E-state index contributed by atoms with van der Waals surface area (Å²) < 4.78 is 25.0. The summed E-state index contributed by atoms with van der Waals surface area (Å²) in [6.45, 7) is 3.13. The minimum atomic E-state index is -3.33. The van der Waals surface area contributed by atoms with Crippen molar-refractivity contribution in [1.29, 1.82) is 0 Å². The molecule has 2 heterocycles. The molecule has 0 saturated carbocycles. The SMILES string of the molecule is CS(=O)(=O)N1CCCC1C(=O)N1CCN(c2ccc(Cl)cc2)CC1. The number of hydrogen-bond donors (Lipinski definition) is 0. The van der Waals surface area contributed by atoms with Crippen LogP contribution in [0.4, 0.5) is 5.69 Å². The first-order valence-corrected chi connectivity index (χ1v) is 10.3. The van der Waals surface area contributed by atoms with Crippen molar-refractivity contribution in [2.45, 2.75) is 18.9 Å². The molecule has 0 spiro atoms. The lowest BCUT2D eigenvalue weighted by molar-refractivity contribution is -0.134. The zero-order valence-electron chi connectivity index (χ0n) is 13.7. The molecule has 3 rings (SSSR count). The lowest BCUT2D eigenvalue weighted by atomic mass is 10.1. The van der Waals surface area contributed by atoms with Gasteiger partial charge in [-0.3, -0.25) is 4.79 Å². The van der Waals surface area contributed by atoms with E-state index in [2.05, 4.69) is 4.90 Å². The molecule has 1 amide bonds. The fraction of sp³-hybridized carbons (Fsp3) is 0.562. The van der Waals surface area contributed by atoms with Crippen molar-refractivity contribution in [2.75, 3.05) is 43.9 Å². The Labute approximate surface area is 148 Å². The highest BCUT2D eigenvalue weighted by molar-refractivity contribution is 7.88. The standard InChI is InChI=1S/C16H22ClN3O3S/c1-24(22,23)20-8-2-3-15(20)16(21)19-11-9-18(10-12-19)14-6-4-13(17)5-7-14/h4-7,15H,2-3,8-12H2,1H3. The van der Waals surface area contributed by atoms with Crippen LogP contribution in [0.1, 0.15) is 12.8 Å². The smallest absolute Gasteiger partial charge is 0.241 e. The molecule has 24 heavy (non-hydrogen) atoms. The molecular formula is C16H22ClN3O3S. The second-order valence-corrected chi connectivity index (χ2v) is 8.69. The third-order valence-corrected chi connectivity index (χ3v) is 6.24. The predicted octanol–water partition coefficient (Wildman–Crippen LogP) is 1.41. The number of sulfonamides is 1. The molecule has 1 aromatic rings. The second-order valence-electron chi connectivity index (χ2n) is 6.32. The van der Waals surface area contributed by atoms with Crippen molar-refractivity contribution in [3.63, 3.8) is 0 Å². The number of amides is 1. The van der Waals surface area contributed by atoms with E-state index in [1.807, 2.05) is 24.3 Å². The summed E-state index contributed by atoms with van der Waals surface area (Å²) in [5.74, 6) is -0.0614. The molecule has 2 saturated heterocycles. The van der Waals surface area contributed by atoms with E-state index in [9.17, 15) is 13.2 Å². The number of rotatable bonds is 3. The molecule has 8 heteroatoms. The Kier molecular flexibility index (Phi) is 5.03. The lowest BCUT2D eigenvalue weighted by Gasteiger charge is -2.38. The summed E-state index contributed by atoms with van der Waals surface area (Å²) in [6.07, 6.45) is 2.54. The van der Waals surface area contributed by atoms with Gasteiger partial charge in [0.2, 0.25) is 15.9 Å². The number of benzene rings is 1. The summed E-state index contributed by atoms with van der Waals surface area (Å²) in [6, 6.07) is 7.14. The summed E-state index contributed by atoms with van der Waals surface area (Å²) in [5, 5.41) is 0.703. The van der Waals surface area contributed by atoms with E-state index in [1.54, 1.807) is 4.90 Å². The topological polar surface area (TPSA) is 60.9 Å². The minimum absolute atomic E-state index is 0.0614. The van der Waals surface area contributed by atoms with E-state index in [-0.39, 0.29) is 5.91 Å². The summed E-state index contributed by atoms with van der Waals surface area (Å²) in [7, 11) is -3.33. The Hall–Kier alpha value is -1.31. The largest absolute Gasteiger partial charge is 0.368 e. The maximum Gasteiger partial charge on any atom is 0.241 e. The maximum absolute atomic E-state index is 12.7. The van der Waals surface area contributed by atoms with Crippen molar-refractivity contribution in [2.24, 2.45) is 0 Å². The van der Waals surface area contributed by atoms with Crippen LogP contribution in [0.25, 0.3) is 0 Å². The van der Waals surface area contributed by atoms with Gasteiger partial charge >= 0.3 is 0 Å². The van der Waals surface area contributed by atoms with Crippen LogP contribution in [0.5, 0.6) is 0 Å². The van der Waals surface area contributed by atoms with E-state index in [1.165, 1.54) is 10.6 Å². The molecule has 0 radical (unpaired) electrons. The molecule has 2 aliphatic heterocycles. The van der Waals surface area contributed by atoms with Gasteiger partial charge in [-0.2, -0.15) is 4.31 Å². The number of hydrogen-bond acceptors (Lipinski definition) is 4. The second kappa shape index (κ2) is 6.90. The van der Waals surface area contributed by atoms with E-state index < -0.39 is 16.1 Å². The van der Waals surface area contributed by atoms with Crippen LogP contribution in [-0.4, -0.2) is 68.6 Å². The van der Waals surface area contributed by atoms with Gasteiger partial charge in [-0.15, -0.1) is 0 Å². The summed E-state index contributed by atoms with van der Waals surface area (Å²) in [4.78, 5) is 16.7. The average molecular weight is 372 g/mol. The first kappa shape index (κ1) is 17.5. The molecule has 6 nitrogen and oxygen atoms in total. The van der Waals surface area contributed by atoms with Gasteiger partial charge in [-0.25, -0.2) is 8.42 Å². The van der Waals surface area contributed by atoms with Gasteiger partial charge in [-0.05, 0) is 37.1 Å². The number of halogens is 1.